The summed E-state index contributed by atoms with van der Waals surface area (Å²) in [4.78, 5) is 26.2. The Morgan fingerprint density at radius 2 is 1.14 bits per heavy atom. The second-order valence-corrected chi connectivity index (χ2v) is 8.95. The van der Waals surface area contributed by atoms with Crippen LogP contribution in [0, 0.1) is 5.92 Å². The van der Waals surface area contributed by atoms with Crippen molar-refractivity contribution >= 4 is 11.8 Å². The number of nitrogens with one attached hydrogen (secondary N) is 2. The molecule has 37 heavy (non-hydrogen) atoms. The van der Waals surface area contributed by atoms with E-state index in [1.165, 1.54) is 0 Å². The number of carbonyl (C=O) groups is 2. The molecule has 5 nitrogen and oxygen atoms in total. The zero-order valence-corrected chi connectivity index (χ0v) is 21.0. The zero-order valence-electron chi connectivity index (χ0n) is 21.0. The summed E-state index contributed by atoms with van der Waals surface area (Å²) < 4.78 is 5.64. The average Bonchev–Trinajstić information content (AvgIpc) is 2.96. The van der Waals surface area contributed by atoms with E-state index in [9.17, 15) is 9.59 Å². The van der Waals surface area contributed by atoms with Gasteiger partial charge in [-0.3, -0.25) is 9.59 Å². The quantitative estimate of drug-likeness (QED) is 0.220. The molecule has 4 aromatic carbocycles. The smallest absolute Gasteiger partial charge is 0.223 e. The third kappa shape index (κ3) is 6.44. The minimum atomic E-state index is -0.902. The Kier molecular flexibility index (Phi) is 8.71. The molecular formula is C32H32N2O3. The van der Waals surface area contributed by atoms with Crippen LogP contribution in [0.4, 0.5) is 0 Å². The van der Waals surface area contributed by atoms with Gasteiger partial charge in [0.1, 0.15) is 17.9 Å². The van der Waals surface area contributed by atoms with Crippen molar-refractivity contribution in [3.8, 4) is 5.75 Å². The fourth-order valence-electron chi connectivity index (χ4n) is 4.45. The van der Waals surface area contributed by atoms with Crippen LogP contribution in [0.25, 0.3) is 0 Å². The fraction of sp³-hybridized carbons (Fsp3) is 0.188. The van der Waals surface area contributed by atoms with Crippen molar-refractivity contribution in [2.24, 2.45) is 5.92 Å². The number of benzene rings is 4. The van der Waals surface area contributed by atoms with Crippen LogP contribution >= 0.6 is 0 Å². The first-order valence-corrected chi connectivity index (χ1v) is 12.5. The first kappa shape index (κ1) is 25.7. The molecule has 2 N–H and O–H groups in total. The highest BCUT2D eigenvalue weighted by molar-refractivity contribution is 5.86. The molecular weight excluding hydrogens is 460 g/mol. The predicted octanol–water partition coefficient (Wildman–Crippen LogP) is 5.32. The highest BCUT2D eigenvalue weighted by atomic mass is 16.5. The van der Waals surface area contributed by atoms with Crippen LogP contribution in [0.1, 0.15) is 30.0 Å². The molecule has 5 heteroatoms. The number of rotatable bonds is 11. The van der Waals surface area contributed by atoms with Crippen LogP contribution in [0.15, 0.2) is 121 Å². The van der Waals surface area contributed by atoms with Gasteiger partial charge in [0.25, 0.3) is 0 Å². The fourth-order valence-corrected chi connectivity index (χ4v) is 4.45. The molecule has 0 aliphatic heterocycles. The number of ether oxygens (including phenoxy) is 1. The van der Waals surface area contributed by atoms with E-state index in [2.05, 4.69) is 10.6 Å². The maximum Gasteiger partial charge on any atom is 0.223 e. The van der Waals surface area contributed by atoms with Crippen LogP contribution < -0.4 is 15.4 Å². The molecule has 0 unspecified atom stereocenters. The first-order chi connectivity index (χ1) is 18.1. The number of hydrogen-bond acceptors (Lipinski definition) is 3. The van der Waals surface area contributed by atoms with Gasteiger partial charge in [0.2, 0.25) is 11.8 Å². The molecule has 0 aliphatic carbocycles. The molecule has 4 aromatic rings. The molecule has 0 fully saturated rings. The molecule has 0 spiro atoms. The van der Waals surface area contributed by atoms with E-state index in [0.717, 1.165) is 22.4 Å². The van der Waals surface area contributed by atoms with E-state index < -0.39 is 11.5 Å². The lowest BCUT2D eigenvalue weighted by molar-refractivity contribution is -0.130. The summed E-state index contributed by atoms with van der Waals surface area (Å²) in [5, 5.41) is 6.18. The summed E-state index contributed by atoms with van der Waals surface area (Å²) in [6.07, 6.45) is 0.0552. The van der Waals surface area contributed by atoms with Gasteiger partial charge in [-0.15, -0.1) is 0 Å². The van der Waals surface area contributed by atoms with Gasteiger partial charge in [-0.05, 0) is 28.8 Å². The van der Waals surface area contributed by atoms with Gasteiger partial charge in [-0.25, -0.2) is 0 Å². The number of carbonyl (C=O) groups excluding carboxylic acids is 2. The minimum absolute atomic E-state index is 0.0552. The van der Waals surface area contributed by atoms with Crippen LogP contribution in [0.2, 0.25) is 0 Å². The molecule has 1 atom stereocenters. The average molecular weight is 493 g/mol. The summed E-state index contributed by atoms with van der Waals surface area (Å²) in [6.45, 7) is 2.48. The summed E-state index contributed by atoms with van der Waals surface area (Å²) in [5.74, 6) is -0.142. The van der Waals surface area contributed by atoms with Crippen molar-refractivity contribution in [3.63, 3.8) is 0 Å². The highest BCUT2D eigenvalue weighted by Gasteiger charge is 2.38. The van der Waals surface area contributed by atoms with Crippen LogP contribution in [0.5, 0.6) is 5.75 Å². The van der Waals surface area contributed by atoms with Gasteiger partial charge in [-0.1, -0.05) is 116 Å². The van der Waals surface area contributed by atoms with Crippen molar-refractivity contribution < 1.29 is 14.3 Å². The summed E-state index contributed by atoms with van der Waals surface area (Å²) in [5.41, 5.74) is 1.92. The molecule has 0 heterocycles. The van der Waals surface area contributed by atoms with Crippen molar-refractivity contribution in [2.45, 2.75) is 18.9 Å². The van der Waals surface area contributed by atoms with E-state index >= 15 is 0 Å². The Labute approximate surface area is 218 Å². The van der Waals surface area contributed by atoms with Crippen LogP contribution in [-0.4, -0.2) is 25.0 Å². The zero-order chi connectivity index (χ0) is 25.9. The third-order valence-electron chi connectivity index (χ3n) is 6.30. The molecule has 0 aromatic heterocycles. The van der Waals surface area contributed by atoms with E-state index in [4.69, 9.17) is 4.74 Å². The van der Waals surface area contributed by atoms with Crippen molar-refractivity contribution in [1.82, 2.24) is 10.6 Å². The van der Waals surface area contributed by atoms with Gasteiger partial charge in [0, 0.05) is 12.3 Å². The van der Waals surface area contributed by atoms with Crippen LogP contribution in [-0.2, 0) is 15.1 Å². The van der Waals surface area contributed by atoms with E-state index in [0.29, 0.717) is 13.2 Å². The standard InChI is InChI=1S/C32H32N2O3/c1-25(31(36)33-22-23-37-29-20-12-5-13-21-29)24-30(35)34-32(26-14-6-2-7-15-26,27-16-8-3-9-17-27)28-18-10-4-11-19-28/h2-21,25H,22-24H2,1H3,(H,33,36)(H,34,35)/t25-/m1/s1. The Hall–Kier alpha value is -4.38. The Morgan fingerprint density at radius 3 is 1.59 bits per heavy atom. The van der Waals surface area contributed by atoms with Crippen molar-refractivity contribution in [1.29, 1.82) is 0 Å². The minimum Gasteiger partial charge on any atom is -0.492 e. The summed E-state index contributed by atoms with van der Waals surface area (Å²) in [7, 11) is 0. The summed E-state index contributed by atoms with van der Waals surface area (Å²) >= 11 is 0. The van der Waals surface area contributed by atoms with E-state index in [1.807, 2.05) is 121 Å². The van der Waals surface area contributed by atoms with E-state index in [-0.39, 0.29) is 18.2 Å². The van der Waals surface area contributed by atoms with Gasteiger partial charge < -0.3 is 15.4 Å². The Morgan fingerprint density at radius 1 is 0.703 bits per heavy atom. The van der Waals surface area contributed by atoms with Gasteiger partial charge >= 0.3 is 0 Å². The normalized spacial score (nSPS) is 11.8. The lowest BCUT2D eigenvalue weighted by atomic mass is 9.76. The van der Waals surface area contributed by atoms with Gasteiger partial charge in [0.15, 0.2) is 0 Å². The lowest BCUT2D eigenvalue weighted by Crippen LogP contribution is -2.48. The first-order valence-electron chi connectivity index (χ1n) is 12.5. The molecule has 0 radical (unpaired) electrons. The second kappa shape index (κ2) is 12.5. The van der Waals surface area contributed by atoms with Crippen molar-refractivity contribution in [3.05, 3.63) is 138 Å². The molecule has 4 rings (SSSR count). The lowest BCUT2D eigenvalue weighted by Gasteiger charge is -2.37. The van der Waals surface area contributed by atoms with Crippen molar-refractivity contribution in [2.75, 3.05) is 13.2 Å². The Balaban J connectivity index is 1.49. The topological polar surface area (TPSA) is 67.4 Å². The molecule has 0 saturated carbocycles. The largest absolute Gasteiger partial charge is 0.492 e. The molecule has 0 bridgehead atoms. The number of amides is 2. The van der Waals surface area contributed by atoms with Gasteiger partial charge in [-0.2, -0.15) is 0 Å². The highest BCUT2D eigenvalue weighted by Crippen LogP contribution is 2.37. The predicted molar refractivity (Wildman–Crippen MR) is 146 cm³/mol. The molecule has 188 valence electrons. The van der Waals surface area contributed by atoms with Crippen LogP contribution in [0.3, 0.4) is 0 Å². The van der Waals surface area contributed by atoms with E-state index in [1.54, 1.807) is 6.92 Å². The number of para-hydroxylation sites is 1. The Bertz CT molecular complexity index is 1170. The molecule has 0 aliphatic rings. The maximum atomic E-state index is 13.5. The number of hydrogen-bond donors (Lipinski definition) is 2. The third-order valence-corrected chi connectivity index (χ3v) is 6.30. The maximum absolute atomic E-state index is 13.5. The second-order valence-electron chi connectivity index (χ2n) is 8.95. The monoisotopic (exact) mass is 492 g/mol. The SMILES string of the molecule is C[C@H](CC(=O)NC(c1ccccc1)(c1ccccc1)c1ccccc1)C(=O)NCCOc1ccccc1. The summed E-state index contributed by atoms with van der Waals surface area (Å²) in [6, 6.07) is 39.2. The van der Waals surface area contributed by atoms with Gasteiger partial charge in [0.05, 0.1) is 6.54 Å². The molecule has 0 saturated heterocycles. The molecule has 2 amide bonds.